The van der Waals surface area contributed by atoms with Crippen LogP contribution in [0, 0.1) is 0 Å². The fourth-order valence-corrected chi connectivity index (χ4v) is 5.18. The summed E-state index contributed by atoms with van der Waals surface area (Å²) < 4.78 is 18.0. The van der Waals surface area contributed by atoms with Crippen molar-refractivity contribution in [1.29, 1.82) is 0 Å². The molecule has 2 fully saturated rings. The number of hydrogen-bond donors (Lipinski definition) is 0. The van der Waals surface area contributed by atoms with Gasteiger partial charge < -0.3 is 14.0 Å². The molecule has 0 radical (unpaired) electrons. The zero-order valence-electron chi connectivity index (χ0n) is 20.3. The van der Waals surface area contributed by atoms with Gasteiger partial charge in [-0.3, -0.25) is 0 Å². The first-order chi connectivity index (χ1) is 14.3. The monoisotopic (exact) mass is 424 g/mol. The Morgan fingerprint density at radius 1 is 1.00 bits per heavy atom. The molecule has 0 N–H and O–H groups in total. The van der Waals surface area contributed by atoms with Gasteiger partial charge in [-0.2, -0.15) is 0 Å². The first kappa shape index (κ1) is 22.6. The normalized spacial score (nSPS) is 26.8. The number of allylic oxidation sites excluding steroid dienone is 1. The van der Waals surface area contributed by atoms with Crippen molar-refractivity contribution >= 4 is 18.6 Å². The number of rotatable bonds is 2. The second-order valence-corrected chi connectivity index (χ2v) is 11.6. The molecule has 3 aliphatic rings. The van der Waals surface area contributed by atoms with E-state index in [0.717, 1.165) is 37.6 Å². The van der Waals surface area contributed by atoms with Crippen molar-refractivity contribution in [2.45, 2.75) is 109 Å². The van der Waals surface area contributed by atoms with Gasteiger partial charge in [0.2, 0.25) is 0 Å². The quantitative estimate of drug-likeness (QED) is 0.380. The van der Waals surface area contributed by atoms with Crippen LogP contribution in [0.4, 0.5) is 0 Å². The van der Waals surface area contributed by atoms with E-state index in [1.807, 2.05) is 20.8 Å². The molecule has 1 spiro atoms. The second-order valence-electron chi connectivity index (χ2n) is 11.6. The van der Waals surface area contributed by atoms with Crippen LogP contribution in [-0.2, 0) is 30.7 Å². The SMILES string of the molecule is CC(C)(C)OC(=O)C=C1CCC2(CC1)CCc1cc(B3OC(C)(C)C(C)(C)O3)ccc12. The van der Waals surface area contributed by atoms with E-state index in [0.29, 0.717) is 0 Å². The summed E-state index contributed by atoms with van der Waals surface area (Å²) in [5.41, 5.74) is 4.43. The van der Waals surface area contributed by atoms with Gasteiger partial charge >= 0.3 is 13.1 Å². The number of fused-ring (bicyclic) bond motifs is 2. The minimum atomic E-state index is -0.441. The van der Waals surface area contributed by atoms with Crippen LogP contribution in [0.25, 0.3) is 0 Å². The van der Waals surface area contributed by atoms with Crippen LogP contribution in [0.5, 0.6) is 0 Å². The van der Waals surface area contributed by atoms with Crippen LogP contribution in [0.3, 0.4) is 0 Å². The van der Waals surface area contributed by atoms with Gasteiger partial charge in [-0.1, -0.05) is 23.8 Å². The lowest BCUT2D eigenvalue weighted by molar-refractivity contribution is -0.148. The maximum atomic E-state index is 12.2. The Morgan fingerprint density at radius 2 is 1.58 bits per heavy atom. The molecule has 1 saturated heterocycles. The standard InChI is InChI=1S/C26H37BO4/c1-23(2,3)29-22(28)16-18-10-13-26(14-11-18)15-12-19-17-20(8-9-21(19)26)27-30-24(4,5)25(6,7)31-27/h8-9,16-17H,10-15H2,1-7H3. The highest BCUT2D eigenvalue weighted by atomic mass is 16.7. The van der Waals surface area contributed by atoms with Gasteiger partial charge in [0, 0.05) is 6.08 Å². The Bertz CT molecular complexity index is 880. The summed E-state index contributed by atoms with van der Waals surface area (Å²) in [4.78, 5) is 12.2. The highest BCUT2D eigenvalue weighted by molar-refractivity contribution is 6.62. The molecule has 31 heavy (non-hydrogen) atoms. The van der Waals surface area contributed by atoms with Gasteiger partial charge in [0.05, 0.1) is 11.2 Å². The summed E-state index contributed by atoms with van der Waals surface area (Å²) in [6, 6.07) is 6.81. The van der Waals surface area contributed by atoms with Gasteiger partial charge in [0.25, 0.3) is 0 Å². The number of ether oxygens (including phenoxy) is 1. The van der Waals surface area contributed by atoms with E-state index in [4.69, 9.17) is 14.0 Å². The van der Waals surface area contributed by atoms with Crippen molar-refractivity contribution in [2.24, 2.45) is 0 Å². The third-order valence-electron chi connectivity index (χ3n) is 7.68. The summed E-state index contributed by atoms with van der Waals surface area (Å²) in [7, 11) is -0.304. The summed E-state index contributed by atoms with van der Waals surface area (Å²) >= 11 is 0. The Morgan fingerprint density at radius 3 is 2.16 bits per heavy atom. The zero-order valence-corrected chi connectivity index (χ0v) is 20.3. The molecule has 0 amide bonds. The van der Waals surface area contributed by atoms with Gasteiger partial charge in [-0.05, 0) is 109 Å². The average Bonchev–Trinajstić information content (AvgIpc) is 3.09. The van der Waals surface area contributed by atoms with Crippen LogP contribution < -0.4 is 5.46 Å². The molecule has 2 aliphatic carbocycles. The molecule has 168 valence electrons. The Labute approximate surface area is 187 Å². The zero-order chi connectivity index (χ0) is 22.7. The van der Waals surface area contributed by atoms with Crippen molar-refractivity contribution in [3.05, 3.63) is 41.0 Å². The lowest BCUT2D eigenvalue weighted by Gasteiger charge is -2.36. The summed E-state index contributed by atoms with van der Waals surface area (Å²) in [6.45, 7) is 14.1. The van der Waals surface area contributed by atoms with Gasteiger partial charge in [0.15, 0.2) is 0 Å². The van der Waals surface area contributed by atoms with E-state index in [1.54, 1.807) is 6.08 Å². The van der Waals surface area contributed by atoms with Crippen molar-refractivity contribution in [3.63, 3.8) is 0 Å². The molecule has 4 rings (SSSR count). The lowest BCUT2D eigenvalue weighted by Crippen LogP contribution is -2.41. The Balaban J connectivity index is 1.46. The number of benzene rings is 1. The van der Waals surface area contributed by atoms with E-state index >= 15 is 0 Å². The highest BCUT2D eigenvalue weighted by Gasteiger charge is 2.52. The van der Waals surface area contributed by atoms with Crippen LogP contribution in [0.15, 0.2) is 29.8 Å². The Kier molecular flexibility index (Phi) is 5.46. The fraction of sp³-hybridized carbons (Fsp3) is 0.654. The fourth-order valence-electron chi connectivity index (χ4n) is 5.18. The largest absolute Gasteiger partial charge is 0.494 e. The van der Waals surface area contributed by atoms with Crippen LogP contribution in [0.1, 0.15) is 91.7 Å². The van der Waals surface area contributed by atoms with Crippen molar-refractivity contribution in [2.75, 3.05) is 0 Å². The van der Waals surface area contributed by atoms with E-state index < -0.39 is 5.60 Å². The topological polar surface area (TPSA) is 44.8 Å². The molecule has 4 nitrogen and oxygen atoms in total. The molecule has 0 aromatic heterocycles. The highest BCUT2D eigenvalue weighted by Crippen LogP contribution is 2.49. The second kappa shape index (κ2) is 7.49. The Hall–Kier alpha value is -1.59. The summed E-state index contributed by atoms with van der Waals surface area (Å²) in [5.74, 6) is -0.211. The lowest BCUT2D eigenvalue weighted by atomic mass is 9.68. The van der Waals surface area contributed by atoms with E-state index in [1.165, 1.54) is 23.1 Å². The smallest absolute Gasteiger partial charge is 0.457 e. The van der Waals surface area contributed by atoms with Crippen molar-refractivity contribution < 1.29 is 18.8 Å². The number of aryl methyl sites for hydroxylation is 1. The summed E-state index contributed by atoms with van der Waals surface area (Å²) in [5, 5.41) is 0. The summed E-state index contributed by atoms with van der Waals surface area (Å²) in [6.07, 6.45) is 8.17. The molecule has 1 aromatic carbocycles. The van der Waals surface area contributed by atoms with E-state index in [2.05, 4.69) is 45.9 Å². The minimum absolute atomic E-state index is 0.211. The molecular weight excluding hydrogens is 387 g/mol. The number of carbonyl (C=O) groups excluding carboxylic acids is 1. The predicted octanol–water partition coefficient (Wildman–Crippen LogP) is 5.01. The van der Waals surface area contributed by atoms with Gasteiger partial charge in [-0.15, -0.1) is 0 Å². The third-order valence-corrected chi connectivity index (χ3v) is 7.68. The molecule has 0 bridgehead atoms. The van der Waals surface area contributed by atoms with Crippen LogP contribution >= 0.6 is 0 Å². The molecule has 0 unspecified atom stereocenters. The van der Waals surface area contributed by atoms with E-state index in [-0.39, 0.29) is 29.7 Å². The third kappa shape index (κ3) is 4.36. The number of esters is 1. The molecule has 5 heteroatoms. The van der Waals surface area contributed by atoms with Crippen LogP contribution in [-0.4, -0.2) is 29.9 Å². The van der Waals surface area contributed by atoms with Crippen LogP contribution in [0.2, 0.25) is 0 Å². The van der Waals surface area contributed by atoms with Gasteiger partial charge in [0.1, 0.15) is 5.60 Å². The molecule has 1 saturated carbocycles. The first-order valence-electron chi connectivity index (χ1n) is 11.7. The molecule has 1 aliphatic heterocycles. The first-order valence-corrected chi connectivity index (χ1v) is 11.7. The van der Waals surface area contributed by atoms with Crippen molar-refractivity contribution in [3.8, 4) is 0 Å². The predicted molar refractivity (Wildman–Crippen MR) is 125 cm³/mol. The maximum absolute atomic E-state index is 12.2. The number of hydrogen-bond acceptors (Lipinski definition) is 4. The van der Waals surface area contributed by atoms with E-state index in [9.17, 15) is 4.79 Å². The maximum Gasteiger partial charge on any atom is 0.494 e. The van der Waals surface area contributed by atoms with Gasteiger partial charge in [-0.25, -0.2) is 4.79 Å². The number of carbonyl (C=O) groups is 1. The molecular formula is C26H37BO4. The minimum Gasteiger partial charge on any atom is -0.457 e. The molecule has 1 heterocycles. The molecule has 0 atom stereocenters. The average molecular weight is 424 g/mol. The molecule has 1 aromatic rings. The van der Waals surface area contributed by atoms with Crippen molar-refractivity contribution in [1.82, 2.24) is 0 Å².